The third kappa shape index (κ3) is 9.30. The van der Waals surface area contributed by atoms with E-state index in [1.807, 2.05) is 13.8 Å². The molecule has 0 aliphatic rings. The summed E-state index contributed by atoms with van der Waals surface area (Å²) in [7, 11) is 1.59. The third-order valence-electron chi connectivity index (χ3n) is 2.69. The van der Waals surface area contributed by atoms with E-state index in [0.29, 0.717) is 12.5 Å². The highest BCUT2D eigenvalue weighted by atomic mass is 16.4. The van der Waals surface area contributed by atoms with Gasteiger partial charge >= 0.3 is 12.0 Å². The van der Waals surface area contributed by atoms with Gasteiger partial charge in [0.1, 0.15) is 0 Å². The molecule has 19 heavy (non-hydrogen) atoms. The van der Waals surface area contributed by atoms with Gasteiger partial charge in [0, 0.05) is 26.6 Å². The Balaban J connectivity index is 4.22. The molecule has 0 spiro atoms. The molecule has 6 heteroatoms. The van der Waals surface area contributed by atoms with Crippen LogP contribution >= 0.6 is 0 Å². The number of aliphatic hydroxyl groups is 1. The lowest BCUT2D eigenvalue weighted by atomic mass is 9.94. The van der Waals surface area contributed by atoms with Crippen LogP contribution in [0.1, 0.15) is 33.6 Å². The Morgan fingerprint density at radius 1 is 1.26 bits per heavy atom. The Kier molecular flexibility index (Phi) is 8.14. The summed E-state index contributed by atoms with van der Waals surface area (Å²) < 4.78 is 0. The Morgan fingerprint density at radius 2 is 1.84 bits per heavy atom. The second kappa shape index (κ2) is 8.74. The zero-order valence-corrected chi connectivity index (χ0v) is 12.2. The maximum atomic E-state index is 11.7. The molecule has 6 nitrogen and oxygen atoms in total. The molecule has 0 rings (SSSR count). The van der Waals surface area contributed by atoms with Gasteiger partial charge in [-0.25, -0.2) is 4.79 Å². The number of nitrogens with one attached hydrogen (secondary N) is 1. The average Bonchev–Trinajstić information content (AvgIpc) is 2.22. The Labute approximate surface area is 114 Å². The smallest absolute Gasteiger partial charge is 0.317 e. The molecular formula is C13H26N2O4. The van der Waals surface area contributed by atoms with Crippen molar-refractivity contribution in [1.82, 2.24) is 10.2 Å². The Bertz CT molecular complexity index is 292. The predicted octanol–water partition coefficient (Wildman–Crippen LogP) is 1.15. The number of carboxylic acids is 1. The van der Waals surface area contributed by atoms with Crippen LogP contribution in [-0.2, 0) is 4.79 Å². The van der Waals surface area contributed by atoms with Crippen molar-refractivity contribution in [2.75, 3.05) is 20.1 Å². The number of carboxylic acid groups (broad SMARTS) is 1. The molecule has 0 aromatic carbocycles. The molecule has 0 saturated carbocycles. The summed E-state index contributed by atoms with van der Waals surface area (Å²) in [5.41, 5.74) is 0. The predicted molar refractivity (Wildman–Crippen MR) is 72.9 cm³/mol. The van der Waals surface area contributed by atoms with Crippen molar-refractivity contribution in [2.45, 2.75) is 39.7 Å². The van der Waals surface area contributed by atoms with E-state index in [1.165, 1.54) is 4.90 Å². The van der Waals surface area contributed by atoms with Gasteiger partial charge < -0.3 is 20.4 Å². The monoisotopic (exact) mass is 274 g/mol. The second-order valence-electron chi connectivity index (χ2n) is 5.51. The summed E-state index contributed by atoms with van der Waals surface area (Å²) in [6.07, 6.45) is 0.229. The van der Waals surface area contributed by atoms with E-state index in [4.69, 9.17) is 5.11 Å². The van der Waals surface area contributed by atoms with Crippen LogP contribution in [0.4, 0.5) is 4.79 Å². The SMILES string of the molecule is CC(C)CC(CNC(=O)N(C)CC(C)O)CC(=O)O. The summed E-state index contributed by atoms with van der Waals surface area (Å²) in [6, 6.07) is -0.292. The minimum Gasteiger partial charge on any atom is -0.481 e. The van der Waals surface area contributed by atoms with Crippen molar-refractivity contribution in [3.63, 3.8) is 0 Å². The van der Waals surface area contributed by atoms with Crippen molar-refractivity contribution < 1.29 is 19.8 Å². The molecule has 0 aliphatic carbocycles. The van der Waals surface area contributed by atoms with Crippen molar-refractivity contribution >= 4 is 12.0 Å². The number of hydrogen-bond donors (Lipinski definition) is 3. The molecular weight excluding hydrogens is 248 g/mol. The highest BCUT2D eigenvalue weighted by Crippen LogP contribution is 2.14. The maximum absolute atomic E-state index is 11.7. The lowest BCUT2D eigenvalue weighted by Gasteiger charge is -2.22. The first-order valence-corrected chi connectivity index (χ1v) is 6.61. The van der Waals surface area contributed by atoms with E-state index in [2.05, 4.69) is 5.32 Å². The van der Waals surface area contributed by atoms with Gasteiger partial charge in [0.15, 0.2) is 0 Å². The quantitative estimate of drug-likeness (QED) is 0.619. The summed E-state index contributed by atoms with van der Waals surface area (Å²) >= 11 is 0. The zero-order valence-electron chi connectivity index (χ0n) is 12.2. The lowest BCUT2D eigenvalue weighted by molar-refractivity contribution is -0.138. The fraction of sp³-hybridized carbons (Fsp3) is 0.846. The van der Waals surface area contributed by atoms with E-state index < -0.39 is 12.1 Å². The topological polar surface area (TPSA) is 89.9 Å². The van der Waals surface area contributed by atoms with E-state index in [9.17, 15) is 14.7 Å². The summed E-state index contributed by atoms with van der Waals surface area (Å²) in [4.78, 5) is 23.9. The van der Waals surface area contributed by atoms with Gasteiger partial charge in [0.05, 0.1) is 6.10 Å². The molecule has 2 atom stereocenters. The molecule has 2 unspecified atom stereocenters. The molecule has 0 aromatic heterocycles. The van der Waals surface area contributed by atoms with Gasteiger partial charge in [-0.2, -0.15) is 0 Å². The number of urea groups is 1. The van der Waals surface area contributed by atoms with E-state index >= 15 is 0 Å². The number of carbonyl (C=O) groups excluding carboxylic acids is 1. The van der Waals surface area contributed by atoms with Crippen LogP contribution in [0, 0.1) is 11.8 Å². The number of likely N-dealkylation sites (N-methyl/N-ethyl adjacent to an activating group) is 1. The molecule has 3 N–H and O–H groups in total. The molecule has 0 fully saturated rings. The largest absolute Gasteiger partial charge is 0.481 e. The highest BCUT2D eigenvalue weighted by molar-refractivity contribution is 5.74. The second-order valence-corrected chi connectivity index (χ2v) is 5.51. The van der Waals surface area contributed by atoms with Gasteiger partial charge in [0.25, 0.3) is 0 Å². The maximum Gasteiger partial charge on any atom is 0.317 e. The first-order chi connectivity index (χ1) is 8.72. The molecule has 0 heterocycles. The lowest BCUT2D eigenvalue weighted by Crippen LogP contribution is -2.42. The first-order valence-electron chi connectivity index (χ1n) is 6.61. The summed E-state index contributed by atoms with van der Waals surface area (Å²) in [6.45, 7) is 6.25. The van der Waals surface area contributed by atoms with Gasteiger partial charge in [-0.05, 0) is 25.2 Å². The van der Waals surface area contributed by atoms with Crippen molar-refractivity contribution in [3.05, 3.63) is 0 Å². The number of carbonyl (C=O) groups is 2. The standard InChI is InChI=1S/C13H26N2O4/c1-9(2)5-11(6-12(17)18)7-14-13(19)15(4)8-10(3)16/h9-11,16H,5-8H2,1-4H3,(H,14,19)(H,17,18). The van der Waals surface area contributed by atoms with Gasteiger partial charge in [-0.1, -0.05) is 13.8 Å². The third-order valence-corrected chi connectivity index (χ3v) is 2.69. The first kappa shape index (κ1) is 17.7. The highest BCUT2D eigenvalue weighted by Gasteiger charge is 2.17. The normalized spacial score (nSPS) is 14.0. The number of hydrogen-bond acceptors (Lipinski definition) is 3. The Morgan fingerprint density at radius 3 is 2.26 bits per heavy atom. The van der Waals surface area contributed by atoms with E-state index in [1.54, 1.807) is 14.0 Å². The van der Waals surface area contributed by atoms with Crippen LogP contribution in [0.2, 0.25) is 0 Å². The summed E-state index contributed by atoms with van der Waals surface area (Å²) in [5, 5.41) is 20.7. The van der Waals surface area contributed by atoms with Crippen molar-refractivity contribution in [3.8, 4) is 0 Å². The number of amides is 2. The summed E-state index contributed by atoms with van der Waals surface area (Å²) in [5.74, 6) is -0.532. The van der Waals surface area contributed by atoms with Crippen LogP contribution in [0.15, 0.2) is 0 Å². The van der Waals surface area contributed by atoms with E-state index in [-0.39, 0.29) is 24.9 Å². The molecule has 0 aromatic rings. The number of nitrogens with zero attached hydrogens (tertiary/aromatic N) is 1. The fourth-order valence-corrected chi connectivity index (χ4v) is 2.00. The molecule has 112 valence electrons. The number of aliphatic carboxylic acids is 1. The fourth-order valence-electron chi connectivity index (χ4n) is 2.00. The van der Waals surface area contributed by atoms with Crippen molar-refractivity contribution in [2.24, 2.45) is 11.8 Å². The van der Waals surface area contributed by atoms with Gasteiger partial charge in [0.2, 0.25) is 0 Å². The van der Waals surface area contributed by atoms with Gasteiger partial charge in [-0.15, -0.1) is 0 Å². The number of aliphatic hydroxyl groups excluding tert-OH is 1. The molecule has 0 aliphatic heterocycles. The van der Waals surface area contributed by atoms with Crippen LogP contribution in [0.5, 0.6) is 0 Å². The molecule has 0 radical (unpaired) electrons. The van der Waals surface area contributed by atoms with Gasteiger partial charge in [-0.3, -0.25) is 4.79 Å². The van der Waals surface area contributed by atoms with Crippen LogP contribution in [0.25, 0.3) is 0 Å². The molecule has 0 saturated heterocycles. The van der Waals surface area contributed by atoms with E-state index in [0.717, 1.165) is 6.42 Å². The zero-order chi connectivity index (χ0) is 15.0. The Hall–Kier alpha value is -1.30. The van der Waals surface area contributed by atoms with Crippen LogP contribution in [-0.4, -0.2) is 53.4 Å². The molecule has 0 bridgehead atoms. The van der Waals surface area contributed by atoms with Crippen molar-refractivity contribution in [1.29, 1.82) is 0 Å². The van der Waals surface area contributed by atoms with Crippen LogP contribution < -0.4 is 5.32 Å². The van der Waals surface area contributed by atoms with Crippen LogP contribution in [0.3, 0.4) is 0 Å². The number of rotatable bonds is 8. The minimum absolute atomic E-state index is 0.0541. The minimum atomic E-state index is -0.850. The molecule has 2 amide bonds. The average molecular weight is 274 g/mol.